The molecule has 1 aliphatic carbocycles. The number of hydrogen-bond donors (Lipinski definition) is 3. The van der Waals surface area contributed by atoms with Gasteiger partial charge in [-0.3, -0.25) is 14.5 Å². The topological polar surface area (TPSA) is 158 Å². The molecular weight excluding hydrogens is 720 g/mol. The Morgan fingerprint density at radius 1 is 0.941 bits per heavy atom. The van der Waals surface area contributed by atoms with E-state index in [2.05, 4.69) is 31.0 Å². The van der Waals surface area contributed by atoms with Crippen LogP contribution < -0.4 is 11.2 Å². The second-order valence-corrected chi connectivity index (χ2v) is 15.2. The minimum absolute atomic E-state index is 0.00749. The number of phenolic OH excluding ortho intramolecular Hbond substituents is 1. The number of para-hydroxylation sites is 1. The van der Waals surface area contributed by atoms with E-state index in [0.29, 0.717) is 68.1 Å². The lowest BCUT2D eigenvalue weighted by Gasteiger charge is -2.42. The van der Waals surface area contributed by atoms with Crippen LogP contribution in [0.25, 0.3) is 0 Å². The van der Waals surface area contributed by atoms with Crippen molar-refractivity contribution in [2.75, 3.05) is 51.1 Å². The number of urea groups is 1. The fraction of sp³-hybridized carbons (Fsp3) is 0.568. The minimum Gasteiger partial charge on any atom is -0.506 e. The number of likely N-dealkylation sites (tertiary alicyclic amines) is 1. The van der Waals surface area contributed by atoms with Gasteiger partial charge in [0.15, 0.2) is 6.10 Å². The van der Waals surface area contributed by atoms with Crippen molar-refractivity contribution in [1.29, 1.82) is 0 Å². The van der Waals surface area contributed by atoms with Crippen molar-refractivity contribution < 1.29 is 33.9 Å². The number of piperidine rings is 1. The van der Waals surface area contributed by atoms with E-state index in [0.717, 1.165) is 62.0 Å². The molecule has 4 amide bonds. The van der Waals surface area contributed by atoms with Gasteiger partial charge in [-0.25, -0.2) is 9.59 Å². The summed E-state index contributed by atoms with van der Waals surface area (Å²) >= 11 is 3.41. The standard InChI is InChI=1S/C37H49BrN6O7/c1-24-20-26(21-30(38)34(24)46)22-32(35(47)42-18-16-41(17-19-42)28-8-6-25(7-9-28)23-33(45)51-39)50-37(49)43-13-11-29(12-14-43)44-15-10-27-4-2-3-5-31(27)40-36(44)48/h2-5,20-21,25,28-29,32,46H,6-19,22-23,39H2,1H3,(H,40,48)/t25?,28?,32-/m1/s1. The molecule has 1 atom stereocenters. The minimum atomic E-state index is -1.04. The number of amides is 4. The van der Waals surface area contributed by atoms with E-state index in [-0.39, 0.29) is 42.0 Å². The molecule has 14 heteroatoms. The van der Waals surface area contributed by atoms with Crippen LogP contribution in [0.1, 0.15) is 61.6 Å². The summed E-state index contributed by atoms with van der Waals surface area (Å²) in [4.78, 5) is 64.5. The lowest BCUT2D eigenvalue weighted by Crippen LogP contribution is -2.55. The van der Waals surface area contributed by atoms with Crippen LogP contribution in [0.5, 0.6) is 5.75 Å². The number of anilines is 1. The summed E-state index contributed by atoms with van der Waals surface area (Å²) in [6.45, 7) is 5.72. The second kappa shape index (κ2) is 16.6. The Labute approximate surface area is 307 Å². The number of phenols is 1. The van der Waals surface area contributed by atoms with Crippen LogP contribution in [0.4, 0.5) is 15.3 Å². The molecule has 6 rings (SSSR count). The normalized spacial score (nSPS) is 22.4. The fourth-order valence-corrected chi connectivity index (χ4v) is 8.73. The van der Waals surface area contributed by atoms with Crippen molar-refractivity contribution in [3.8, 4) is 5.75 Å². The molecule has 3 heterocycles. The molecule has 0 aromatic heterocycles. The molecule has 4 aliphatic rings. The molecular formula is C37H49BrN6O7. The van der Waals surface area contributed by atoms with Crippen molar-refractivity contribution in [3.63, 3.8) is 0 Å². The summed E-state index contributed by atoms with van der Waals surface area (Å²) in [5.41, 5.74) is 3.37. The highest BCUT2D eigenvalue weighted by atomic mass is 79.9. The molecule has 3 aliphatic heterocycles. The van der Waals surface area contributed by atoms with E-state index >= 15 is 0 Å². The maximum atomic E-state index is 14.1. The number of nitrogens with zero attached hydrogens (tertiary/aromatic N) is 4. The van der Waals surface area contributed by atoms with Gasteiger partial charge in [-0.05, 0) is 103 Å². The number of aryl methyl sites for hydroxylation is 1. The Morgan fingerprint density at radius 2 is 1.65 bits per heavy atom. The summed E-state index contributed by atoms with van der Waals surface area (Å²) in [5, 5.41) is 13.3. The summed E-state index contributed by atoms with van der Waals surface area (Å²) in [7, 11) is 0. The van der Waals surface area contributed by atoms with Crippen LogP contribution in [-0.2, 0) is 32.0 Å². The van der Waals surface area contributed by atoms with Crippen LogP contribution in [0.3, 0.4) is 0 Å². The van der Waals surface area contributed by atoms with E-state index in [9.17, 15) is 24.3 Å². The number of nitrogens with two attached hydrogens (primary N) is 1. The molecule has 51 heavy (non-hydrogen) atoms. The molecule has 1 saturated carbocycles. The summed E-state index contributed by atoms with van der Waals surface area (Å²) in [6, 6.07) is 11.7. The number of ether oxygens (including phenoxy) is 1. The number of fused-ring (bicyclic) bond motifs is 1. The van der Waals surface area contributed by atoms with Crippen LogP contribution >= 0.6 is 15.9 Å². The Hall–Kier alpha value is -3.88. The maximum absolute atomic E-state index is 14.1. The van der Waals surface area contributed by atoms with E-state index < -0.39 is 12.2 Å². The number of nitrogens with one attached hydrogen (secondary N) is 1. The van der Waals surface area contributed by atoms with Gasteiger partial charge in [0.1, 0.15) is 5.75 Å². The van der Waals surface area contributed by atoms with Crippen LogP contribution in [0.2, 0.25) is 0 Å². The maximum Gasteiger partial charge on any atom is 0.410 e. The number of halogens is 1. The monoisotopic (exact) mass is 768 g/mol. The molecule has 4 N–H and O–H groups in total. The van der Waals surface area contributed by atoms with Crippen LogP contribution in [0.15, 0.2) is 40.9 Å². The third-order valence-corrected chi connectivity index (χ3v) is 11.7. The SMILES string of the molecule is Cc1cc(C[C@@H](OC(=O)N2CCC(N3CCc4ccccc4NC3=O)CC2)C(=O)N2CCN(C3CCC(CC(=O)ON)CC3)CC2)cc(Br)c1O. The van der Waals surface area contributed by atoms with Gasteiger partial charge in [-0.1, -0.05) is 24.3 Å². The summed E-state index contributed by atoms with van der Waals surface area (Å²) < 4.78 is 6.56. The highest BCUT2D eigenvalue weighted by Crippen LogP contribution is 2.32. The largest absolute Gasteiger partial charge is 0.506 e. The molecule has 2 aromatic rings. The van der Waals surface area contributed by atoms with Crippen LogP contribution in [0, 0.1) is 12.8 Å². The number of aromatic hydroxyl groups is 1. The Kier molecular flexibility index (Phi) is 12.0. The summed E-state index contributed by atoms with van der Waals surface area (Å²) in [6.07, 6.45) is 4.78. The number of rotatable bonds is 8. The van der Waals surface area contributed by atoms with E-state index in [1.165, 1.54) is 0 Å². The predicted molar refractivity (Wildman–Crippen MR) is 194 cm³/mol. The van der Waals surface area contributed by atoms with Crippen molar-refractivity contribution in [2.45, 2.75) is 82.9 Å². The van der Waals surface area contributed by atoms with E-state index in [1.807, 2.05) is 35.2 Å². The average molecular weight is 770 g/mol. The Balaban J connectivity index is 1.06. The fourth-order valence-electron chi connectivity index (χ4n) is 8.12. The average Bonchev–Trinajstić information content (AvgIpc) is 3.31. The van der Waals surface area contributed by atoms with Gasteiger partial charge in [-0.2, -0.15) is 5.90 Å². The molecule has 0 unspecified atom stereocenters. The highest BCUT2D eigenvalue weighted by Gasteiger charge is 2.37. The van der Waals surface area contributed by atoms with Crippen molar-refractivity contribution >= 4 is 45.6 Å². The van der Waals surface area contributed by atoms with Crippen molar-refractivity contribution in [3.05, 3.63) is 57.6 Å². The Bertz CT molecular complexity index is 1560. The quantitative estimate of drug-likeness (QED) is 0.327. The van der Waals surface area contributed by atoms with Crippen molar-refractivity contribution in [1.82, 2.24) is 19.6 Å². The van der Waals surface area contributed by atoms with Crippen molar-refractivity contribution in [2.24, 2.45) is 11.8 Å². The highest BCUT2D eigenvalue weighted by molar-refractivity contribution is 9.10. The smallest absolute Gasteiger partial charge is 0.410 e. The van der Waals surface area contributed by atoms with Gasteiger partial charge in [-0.15, -0.1) is 0 Å². The Morgan fingerprint density at radius 3 is 2.33 bits per heavy atom. The molecule has 0 spiro atoms. The summed E-state index contributed by atoms with van der Waals surface area (Å²) in [5.74, 6) is 4.85. The van der Waals surface area contributed by atoms with Crippen LogP contribution in [-0.4, -0.2) is 113 Å². The third kappa shape index (κ3) is 8.96. The van der Waals surface area contributed by atoms with Gasteiger partial charge >= 0.3 is 18.1 Å². The number of carbonyl (C=O) groups excluding carboxylic acids is 4. The third-order valence-electron chi connectivity index (χ3n) is 11.1. The zero-order valence-corrected chi connectivity index (χ0v) is 30.8. The van der Waals surface area contributed by atoms with Gasteiger partial charge < -0.3 is 34.7 Å². The van der Waals surface area contributed by atoms with Gasteiger partial charge in [0.25, 0.3) is 5.91 Å². The first kappa shape index (κ1) is 36.9. The number of hydrogen-bond acceptors (Lipinski definition) is 9. The number of benzene rings is 2. The first-order valence-corrected chi connectivity index (χ1v) is 18.9. The number of piperazine rings is 1. The second-order valence-electron chi connectivity index (χ2n) is 14.3. The van der Waals surface area contributed by atoms with E-state index in [1.54, 1.807) is 22.8 Å². The molecule has 2 saturated heterocycles. The molecule has 13 nitrogen and oxygen atoms in total. The van der Waals surface area contributed by atoms with E-state index in [4.69, 9.17) is 10.6 Å². The molecule has 0 bridgehead atoms. The predicted octanol–water partition coefficient (Wildman–Crippen LogP) is 4.58. The molecule has 2 aromatic carbocycles. The van der Waals surface area contributed by atoms with Gasteiger partial charge in [0.2, 0.25) is 0 Å². The molecule has 3 fully saturated rings. The number of carbonyl (C=O) groups is 4. The zero-order valence-electron chi connectivity index (χ0n) is 29.2. The zero-order chi connectivity index (χ0) is 36.1. The first-order valence-electron chi connectivity index (χ1n) is 18.1. The molecule has 276 valence electrons. The molecule has 0 radical (unpaired) electrons. The lowest BCUT2D eigenvalue weighted by molar-refractivity contribution is -0.145. The van der Waals surface area contributed by atoms with Gasteiger partial charge in [0, 0.05) is 70.0 Å². The first-order chi connectivity index (χ1) is 24.6. The van der Waals surface area contributed by atoms with Gasteiger partial charge in [0.05, 0.1) is 10.9 Å². The lowest BCUT2D eigenvalue weighted by atomic mass is 9.83.